The fraction of sp³-hybridized carbons (Fsp3) is 0.500. The van der Waals surface area contributed by atoms with E-state index in [-0.39, 0.29) is 10.9 Å². The van der Waals surface area contributed by atoms with Crippen LogP contribution in [0, 0.1) is 5.92 Å². The van der Waals surface area contributed by atoms with Crippen molar-refractivity contribution in [3.05, 3.63) is 40.4 Å². The Morgan fingerprint density at radius 1 is 1.30 bits per heavy atom. The van der Waals surface area contributed by atoms with Crippen molar-refractivity contribution in [1.29, 1.82) is 0 Å². The zero-order chi connectivity index (χ0) is 14.7. The highest BCUT2D eigenvalue weighted by Crippen LogP contribution is 2.23. The van der Waals surface area contributed by atoms with Crippen LogP contribution in [0.2, 0.25) is 0 Å². The standard InChI is InChI=1S/C16H21ClN2O/c1-4-13(17)15-18-14-8-6-5-7-12(14)16(20)19(15)10-9-11(2)3/h5-8,11,13H,4,9-10H2,1-3H3. The molecule has 1 unspecified atom stereocenters. The summed E-state index contributed by atoms with van der Waals surface area (Å²) in [6.07, 6.45) is 1.70. The highest BCUT2D eigenvalue weighted by atomic mass is 35.5. The first-order valence-corrected chi connectivity index (χ1v) is 7.61. The Morgan fingerprint density at radius 3 is 2.65 bits per heavy atom. The smallest absolute Gasteiger partial charge is 0.261 e. The Bertz CT molecular complexity index is 648. The SMILES string of the molecule is CCC(Cl)c1nc2ccccc2c(=O)n1CCC(C)C. The first-order chi connectivity index (χ1) is 9.54. The maximum atomic E-state index is 12.6. The molecule has 4 heteroatoms. The molecule has 0 aliphatic heterocycles. The highest BCUT2D eigenvalue weighted by molar-refractivity contribution is 6.20. The molecule has 108 valence electrons. The maximum absolute atomic E-state index is 12.6. The molecule has 0 fully saturated rings. The second-order valence-electron chi connectivity index (χ2n) is 5.50. The normalized spacial score (nSPS) is 13.1. The fourth-order valence-corrected chi connectivity index (χ4v) is 2.38. The van der Waals surface area contributed by atoms with Gasteiger partial charge in [-0.05, 0) is 30.9 Å². The average Bonchev–Trinajstić information content (AvgIpc) is 2.45. The number of hydrogen-bond acceptors (Lipinski definition) is 2. The van der Waals surface area contributed by atoms with Gasteiger partial charge in [0, 0.05) is 6.54 Å². The number of alkyl halides is 1. The summed E-state index contributed by atoms with van der Waals surface area (Å²) >= 11 is 6.36. The minimum Gasteiger partial charge on any atom is -0.295 e. The van der Waals surface area contributed by atoms with Gasteiger partial charge in [0.25, 0.3) is 5.56 Å². The molecule has 1 atom stereocenters. The van der Waals surface area contributed by atoms with Crippen LogP contribution in [0.3, 0.4) is 0 Å². The van der Waals surface area contributed by atoms with Crippen LogP contribution in [-0.4, -0.2) is 9.55 Å². The van der Waals surface area contributed by atoms with E-state index in [0.717, 1.165) is 18.4 Å². The number of fused-ring (bicyclic) bond motifs is 1. The quantitative estimate of drug-likeness (QED) is 0.777. The van der Waals surface area contributed by atoms with E-state index in [9.17, 15) is 4.79 Å². The van der Waals surface area contributed by atoms with Crippen LogP contribution in [0.15, 0.2) is 29.1 Å². The predicted molar refractivity (Wildman–Crippen MR) is 84.3 cm³/mol. The first-order valence-electron chi connectivity index (χ1n) is 7.18. The number of benzene rings is 1. The fourth-order valence-electron chi connectivity index (χ4n) is 2.21. The third-order valence-electron chi connectivity index (χ3n) is 3.46. The molecule has 2 aromatic rings. The van der Waals surface area contributed by atoms with Crippen LogP contribution in [0.1, 0.15) is 44.8 Å². The molecular weight excluding hydrogens is 272 g/mol. The largest absolute Gasteiger partial charge is 0.295 e. The number of aromatic nitrogens is 2. The van der Waals surface area contributed by atoms with Crippen molar-refractivity contribution < 1.29 is 0 Å². The van der Waals surface area contributed by atoms with Gasteiger partial charge in [-0.15, -0.1) is 11.6 Å². The van der Waals surface area contributed by atoms with Gasteiger partial charge in [-0.2, -0.15) is 0 Å². The third-order valence-corrected chi connectivity index (χ3v) is 3.96. The summed E-state index contributed by atoms with van der Waals surface area (Å²) in [6.45, 7) is 6.98. The van der Waals surface area contributed by atoms with Crippen molar-refractivity contribution in [2.24, 2.45) is 5.92 Å². The predicted octanol–water partition coefficient (Wildman–Crippen LogP) is 4.13. The van der Waals surface area contributed by atoms with E-state index in [2.05, 4.69) is 18.8 Å². The van der Waals surface area contributed by atoms with E-state index in [1.54, 1.807) is 4.57 Å². The Morgan fingerprint density at radius 2 is 2.00 bits per heavy atom. The van der Waals surface area contributed by atoms with Crippen molar-refractivity contribution in [2.75, 3.05) is 0 Å². The average molecular weight is 293 g/mol. The number of rotatable bonds is 5. The Kier molecular flexibility index (Phi) is 4.81. The van der Waals surface area contributed by atoms with E-state index < -0.39 is 0 Å². The third kappa shape index (κ3) is 3.04. The summed E-state index contributed by atoms with van der Waals surface area (Å²) in [5.41, 5.74) is 0.748. The minimum absolute atomic E-state index is 0.0188. The second kappa shape index (κ2) is 6.40. The molecule has 0 saturated carbocycles. The molecule has 0 spiro atoms. The lowest BCUT2D eigenvalue weighted by molar-refractivity contribution is 0.489. The Labute approximate surface area is 124 Å². The van der Waals surface area contributed by atoms with Gasteiger partial charge >= 0.3 is 0 Å². The Balaban J connectivity index is 2.60. The highest BCUT2D eigenvalue weighted by Gasteiger charge is 2.16. The molecule has 20 heavy (non-hydrogen) atoms. The van der Waals surface area contributed by atoms with E-state index in [1.165, 1.54) is 0 Å². The van der Waals surface area contributed by atoms with Crippen molar-refractivity contribution in [3.8, 4) is 0 Å². The topological polar surface area (TPSA) is 34.9 Å². The van der Waals surface area contributed by atoms with Crippen LogP contribution < -0.4 is 5.56 Å². The molecule has 0 amide bonds. The maximum Gasteiger partial charge on any atom is 0.261 e. The summed E-state index contributed by atoms with van der Waals surface area (Å²) in [5, 5.41) is 0.444. The van der Waals surface area contributed by atoms with E-state index >= 15 is 0 Å². The van der Waals surface area contributed by atoms with E-state index in [1.807, 2.05) is 31.2 Å². The summed E-state index contributed by atoms with van der Waals surface area (Å²) < 4.78 is 1.75. The molecule has 3 nitrogen and oxygen atoms in total. The molecule has 0 aliphatic carbocycles. The molecule has 1 aromatic carbocycles. The molecule has 0 radical (unpaired) electrons. The van der Waals surface area contributed by atoms with Gasteiger partial charge in [0.05, 0.1) is 16.3 Å². The molecule has 0 aliphatic rings. The second-order valence-corrected chi connectivity index (χ2v) is 6.03. The van der Waals surface area contributed by atoms with Gasteiger partial charge in [0.1, 0.15) is 5.82 Å². The van der Waals surface area contributed by atoms with E-state index in [4.69, 9.17) is 11.6 Å². The zero-order valence-electron chi connectivity index (χ0n) is 12.3. The van der Waals surface area contributed by atoms with Crippen molar-refractivity contribution in [1.82, 2.24) is 9.55 Å². The molecule has 0 N–H and O–H groups in total. The van der Waals surface area contributed by atoms with Crippen molar-refractivity contribution in [3.63, 3.8) is 0 Å². The van der Waals surface area contributed by atoms with E-state index in [0.29, 0.717) is 23.7 Å². The number of hydrogen-bond donors (Lipinski definition) is 0. The van der Waals surface area contributed by atoms with Gasteiger partial charge in [-0.1, -0.05) is 32.9 Å². The number of nitrogens with zero attached hydrogens (tertiary/aromatic N) is 2. The molecular formula is C16H21ClN2O. The molecule has 0 saturated heterocycles. The zero-order valence-corrected chi connectivity index (χ0v) is 13.0. The van der Waals surface area contributed by atoms with Gasteiger partial charge in [0.15, 0.2) is 0 Å². The summed E-state index contributed by atoms with van der Waals surface area (Å²) in [7, 11) is 0. The first kappa shape index (κ1) is 15.0. The molecule has 1 heterocycles. The van der Waals surface area contributed by atoms with Gasteiger partial charge in [-0.25, -0.2) is 4.98 Å². The lowest BCUT2D eigenvalue weighted by Gasteiger charge is -2.17. The van der Waals surface area contributed by atoms with Crippen molar-refractivity contribution in [2.45, 2.75) is 45.5 Å². The lowest BCUT2D eigenvalue weighted by Crippen LogP contribution is -2.26. The summed E-state index contributed by atoms with van der Waals surface area (Å²) in [4.78, 5) is 17.3. The van der Waals surface area contributed by atoms with Crippen LogP contribution >= 0.6 is 11.6 Å². The summed E-state index contributed by atoms with van der Waals surface area (Å²) in [6, 6.07) is 7.46. The molecule has 0 bridgehead atoms. The molecule has 1 aromatic heterocycles. The summed E-state index contributed by atoms with van der Waals surface area (Å²) in [5.74, 6) is 1.23. The monoisotopic (exact) mass is 292 g/mol. The molecule has 2 rings (SSSR count). The number of halogens is 1. The van der Waals surface area contributed by atoms with Crippen molar-refractivity contribution >= 4 is 22.5 Å². The van der Waals surface area contributed by atoms with Gasteiger partial charge < -0.3 is 0 Å². The Hall–Kier alpha value is -1.35. The minimum atomic E-state index is -0.223. The lowest BCUT2D eigenvalue weighted by atomic mass is 10.1. The van der Waals surface area contributed by atoms with Gasteiger partial charge in [-0.3, -0.25) is 9.36 Å². The number of para-hydroxylation sites is 1. The van der Waals surface area contributed by atoms with Gasteiger partial charge in [0.2, 0.25) is 0 Å². The van der Waals surface area contributed by atoms with Crippen LogP contribution in [0.5, 0.6) is 0 Å². The van der Waals surface area contributed by atoms with Crippen LogP contribution in [0.25, 0.3) is 10.9 Å². The van der Waals surface area contributed by atoms with Crippen LogP contribution in [0.4, 0.5) is 0 Å². The van der Waals surface area contributed by atoms with Crippen LogP contribution in [-0.2, 0) is 6.54 Å².